The second-order valence-corrected chi connectivity index (χ2v) is 13.9. The van der Waals surface area contributed by atoms with Crippen LogP contribution in [0.2, 0.25) is 25.7 Å². The van der Waals surface area contributed by atoms with Gasteiger partial charge in [-0.1, -0.05) is 19.6 Å². The highest BCUT2D eigenvalue weighted by Gasteiger charge is 2.42. The summed E-state index contributed by atoms with van der Waals surface area (Å²) in [7, 11) is -4.80. The Labute approximate surface area is 135 Å². The standard InChI is InChI=1S/C14H31O6PSi/c1-7-18-14(15)13(12-17-10-11-22(4,5)6)21(16,19-8-2)20-9-3/h13H,7-12H2,1-6H3. The minimum absolute atomic E-state index is 0.0133. The van der Waals surface area contributed by atoms with Crippen molar-refractivity contribution in [3.8, 4) is 0 Å². The van der Waals surface area contributed by atoms with Crippen molar-refractivity contribution in [3.63, 3.8) is 0 Å². The van der Waals surface area contributed by atoms with E-state index in [0.29, 0.717) is 6.61 Å². The van der Waals surface area contributed by atoms with Gasteiger partial charge in [0.2, 0.25) is 0 Å². The molecule has 0 fully saturated rings. The zero-order valence-electron chi connectivity index (χ0n) is 14.7. The van der Waals surface area contributed by atoms with E-state index in [4.69, 9.17) is 18.5 Å². The number of hydrogen-bond acceptors (Lipinski definition) is 6. The Morgan fingerprint density at radius 3 is 2.00 bits per heavy atom. The molecule has 0 aromatic rings. The van der Waals surface area contributed by atoms with Gasteiger partial charge in [-0.05, 0) is 26.8 Å². The van der Waals surface area contributed by atoms with Crippen LogP contribution in [0.4, 0.5) is 0 Å². The molecule has 0 radical (unpaired) electrons. The number of carbonyl (C=O) groups excluding carboxylic acids is 1. The van der Waals surface area contributed by atoms with Crippen LogP contribution >= 0.6 is 7.60 Å². The van der Waals surface area contributed by atoms with Crippen LogP contribution in [-0.4, -0.2) is 52.7 Å². The quantitative estimate of drug-likeness (QED) is 0.231. The summed E-state index contributed by atoms with van der Waals surface area (Å²) in [5.41, 5.74) is -1.03. The van der Waals surface area contributed by atoms with E-state index in [2.05, 4.69) is 19.6 Å². The first kappa shape index (κ1) is 21.8. The van der Waals surface area contributed by atoms with Crippen LogP contribution in [0.5, 0.6) is 0 Å². The molecule has 22 heavy (non-hydrogen) atoms. The van der Waals surface area contributed by atoms with Gasteiger partial charge < -0.3 is 18.5 Å². The maximum Gasteiger partial charge on any atom is 0.347 e. The summed E-state index contributed by atoms with van der Waals surface area (Å²) < 4.78 is 33.9. The Balaban J connectivity index is 4.87. The molecule has 0 heterocycles. The van der Waals surface area contributed by atoms with E-state index >= 15 is 0 Å². The van der Waals surface area contributed by atoms with Gasteiger partial charge in [0.25, 0.3) is 0 Å². The molecule has 0 aliphatic rings. The molecule has 0 N–H and O–H groups in total. The van der Waals surface area contributed by atoms with E-state index in [1.807, 2.05) is 0 Å². The Kier molecular flexibility index (Phi) is 10.5. The van der Waals surface area contributed by atoms with Gasteiger partial charge in [0.1, 0.15) is 0 Å². The number of ether oxygens (including phenoxy) is 2. The summed E-state index contributed by atoms with van der Waals surface area (Å²) in [5, 5.41) is 0. The van der Waals surface area contributed by atoms with Crippen LogP contribution in [0.3, 0.4) is 0 Å². The average molecular weight is 354 g/mol. The molecule has 8 heteroatoms. The minimum atomic E-state index is -3.58. The van der Waals surface area contributed by atoms with Crippen molar-refractivity contribution < 1.29 is 27.9 Å². The fourth-order valence-electron chi connectivity index (χ4n) is 1.68. The number of hydrogen-bond donors (Lipinski definition) is 0. The molecule has 6 nitrogen and oxygen atoms in total. The van der Waals surface area contributed by atoms with Crippen LogP contribution in [-0.2, 0) is 27.9 Å². The van der Waals surface area contributed by atoms with Gasteiger partial charge in [-0.2, -0.15) is 0 Å². The van der Waals surface area contributed by atoms with E-state index in [1.54, 1.807) is 20.8 Å². The molecule has 0 aromatic carbocycles. The van der Waals surface area contributed by atoms with E-state index in [0.717, 1.165) is 6.04 Å². The molecule has 0 aliphatic carbocycles. The topological polar surface area (TPSA) is 71.1 Å². The van der Waals surface area contributed by atoms with Gasteiger partial charge in [-0.3, -0.25) is 9.36 Å². The third kappa shape index (κ3) is 8.43. The number of rotatable bonds is 12. The second kappa shape index (κ2) is 10.5. The lowest BCUT2D eigenvalue weighted by molar-refractivity contribution is -0.144. The average Bonchev–Trinajstić information content (AvgIpc) is 2.37. The molecule has 1 atom stereocenters. The van der Waals surface area contributed by atoms with E-state index < -0.39 is 27.3 Å². The Morgan fingerprint density at radius 1 is 1.05 bits per heavy atom. The molecule has 0 aliphatic heterocycles. The Hall–Kier alpha value is -0.203. The van der Waals surface area contributed by atoms with Crippen molar-refractivity contribution in [2.24, 2.45) is 0 Å². The van der Waals surface area contributed by atoms with Gasteiger partial charge in [0.05, 0.1) is 26.4 Å². The van der Waals surface area contributed by atoms with Crippen molar-refractivity contribution in [3.05, 3.63) is 0 Å². The van der Waals surface area contributed by atoms with Crippen LogP contribution in [0.25, 0.3) is 0 Å². The summed E-state index contributed by atoms with van der Waals surface area (Å²) in [6.45, 7) is 13.0. The lowest BCUT2D eigenvalue weighted by Crippen LogP contribution is -2.31. The van der Waals surface area contributed by atoms with E-state index in [-0.39, 0.29) is 26.4 Å². The van der Waals surface area contributed by atoms with Crippen molar-refractivity contribution in [2.45, 2.75) is 52.1 Å². The van der Waals surface area contributed by atoms with Gasteiger partial charge in [0.15, 0.2) is 5.66 Å². The number of esters is 1. The van der Waals surface area contributed by atoms with Crippen molar-refractivity contribution >= 4 is 21.6 Å². The summed E-state index contributed by atoms with van der Waals surface area (Å²) in [5.74, 6) is -0.597. The number of carbonyl (C=O) groups is 1. The van der Waals surface area contributed by atoms with Crippen LogP contribution in [0, 0.1) is 0 Å². The molecule has 0 bridgehead atoms. The third-order valence-corrected chi connectivity index (χ3v) is 6.89. The molecular weight excluding hydrogens is 323 g/mol. The lowest BCUT2D eigenvalue weighted by atomic mass is 10.4. The maximum atomic E-state index is 12.8. The molecule has 0 saturated heterocycles. The smallest absolute Gasteiger partial charge is 0.347 e. The molecule has 0 amide bonds. The van der Waals surface area contributed by atoms with E-state index in [1.165, 1.54) is 0 Å². The predicted octanol–water partition coefficient (Wildman–Crippen LogP) is 3.54. The molecule has 0 saturated carbocycles. The van der Waals surface area contributed by atoms with Crippen molar-refractivity contribution in [1.82, 2.24) is 0 Å². The predicted molar refractivity (Wildman–Crippen MR) is 90.3 cm³/mol. The molecular formula is C14H31O6PSi. The molecule has 0 rings (SSSR count). The Morgan fingerprint density at radius 2 is 1.59 bits per heavy atom. The second-order valence-electron chi connectivity index (χ2n) is 6.03. The van der Waals surface area contributed by atoms with Gasteiger partial charge in [0, 0.05) is 14.7 Å². The molecule has 0 aromatic heterocycles. The highest BCUT2D eigenvalue weighted by molar-refractivity contribution is 7.55. The Bertz CT molecular complexity index is 359. The zero-order valence-corrected chi connectivity index (χ0v) is 16.6. The normalized spacial score (nSPS) is 13.9. The largest absolute Gasteiger partial charge is 0.465 e. The van der Waals surface area contributed by atoms with Crippen molar-refractivity contribution in [2.75, 3.05) is 33.0 Å². The third-order valence-electron chi connectivity index (χ3n) is 2.83. The van der Waals surface area contributed by atoms with Crippen LogP contribution in [0.15, 0.2) is 0 Å². The SMILES string of the molecule is CCOC(=O)C(COCC[Si](C)(C)C)P(=O)(OCC)OCC. The molecule has 1 unspecified atom stereocenters. The summed E-state index contributed by atoms with van der Waals surface area (Å²) in [4.78, 5) is 12.1. The fraction of sp³-hybridized carbons (Fsp3) is 0.929. The highest BCUT2D eigenvalue weighted by atomic mass is 31.2. The maximum absolute atomic E-state index is 12.8. The highest BCUT2D eigenvalue weighted by Crippen LogP contribution is 2.53. The monoisotopic (exact) mass is 354 g/mol. The first-order chi connectivity index (χ1) is 10.2. The van der Waals surface area contributed by atoms with E-state index in [9.17, 15) is 9.36 Å². The minimum Gasteiger partial charge on any atom is -0.465 e. The van der Waals surface area contributed by atoms with Gasteiger partial charge >= 0.3 is 13.6 Å². The van der Waals surface area contributed by atoms with Crippen LogP contribution < -0.4 is 0 Å². The molecule has 0 spiro atoms. The van der Waals surface area contributed by atoms with Gasteiger partial charge in [-0.15, -0.1) is 0 Å². The summed E-state index contributed by atoms with van der Waals surface area (Å²) in [6.07, 6.45) is 0. The van der Waals surface area contributed by atoms with Gasteiger partial charge in [-0.25, -0.2) is 0 Å². The van der Waals surface area contributed by atoms with Crippen LogP contribution in [0.1, 0.15) is 20.8 Å². The first-order valence-corrected chi connectivity index (χ1v) is 13.1. The summed E-state index contributed by atoms with van der Waals surface area (Å²) in [6, 6.07) is 0.968. The zero-order chi connectivity index (χ0) is 17.2. The lowest BCUT2D eigenvalue weighted by Gasteiger charge is -2.25. The fourth-order valence-corrected chi connectivity index (χ4v) is 4.21. The molecule has 132 valence electrons. The summed E-state index contributed by atoms with van der Waals surface area (Å²) >= 11 is 0. The van der Waals surface area contributed by atoms with Crippen molar-refractivity contribution in [1.29, 1.82) is 0 Å². The first-order valence-electron chi connectivity index (χ1n) is 7.83.